The van der Waals surface area contributed by atoms with Gasteiger partial charge in [-0.1, -0.05) is 11.8 Å². The average Bonchev–Trinajstić information content (AvgIpc) is 2.49. The maximum absolute atomic E-state index is 13.9. The van der Waals surface area contributed by atoms with Crippen LogP contribution < -0.4 is 11.1 Å². The Hall–Kier alpha value is -1.94. The molecule has 0 aromatic heterocycles. The second-order valence-corrected chi connectivity index (χ2v) is 4.22. The summed E-state index contributed by atoms with van der Waals surface area (Å²) in [4.78, 5) is 11.9. The Morgan fingerprint density at radius 1 is 1.48 bits per heavy atom. The monoisotopic (exact) mass is 294 g/mol. The fourth-order valence-electron chi connectivity index (χ4n) is 1.63. The summed E-state index contributed by atoms with van der Waals surface area (Å²) >= 11 is 0. The average molecular weight is 294 g/mol. The van der Waals surface area contributed by atoms with E-state index in [1.165, 1.54) is 26.4 Å². The maximum Gasteiger partial charge on any atom is 0.254 e. The van der Waals surface area contributed by atoms with Gasteiger partial charge in [0.2, 0.25) is 0 Å². The smallest absolute Gasteiger partial charge is 0.254 e. The molecule has 5 nitrogen and oxygen atoms in total. The van der Waals surface area contributed by atoms with Crippen LogP contribution in [0.1, 0.15) is 15.9 Å². The number of amides is 1. The summed E-state index contributed by atoms with van der Waals surface area (Å²) in [6, 6.07) is 4.17. The van der Waals surface area contributed by atoms with Crippen LogP contribution in [0.25, 0.3) is 0 Å². The molecule has 0 fully saturated rings. The lowest BCUT2D eigenvalue weighted by atomic mass is 10.1. The molecule has 1 amide bonds. The zero-order valence-corrected chi connectivity index (χ0v) is 12.1. The van der Waals surface area contributed by atoms with Crippen molar-refractivity contribution in [1.82, 2.24) is 5.32 Å². The Labute approximate surface area is 123 Å². The van der Waals surface area contributed by atoms with Gasteiger partial charge in [-0.3, -0.25) is 4.79 Å². The molecule has 0 spiro atoms. The van der Waals surface area contributed by atoms with Crippen LogP contribution in [0.2, 0.25) is 0 Å². The number of benzene rings is 1. The molecule has 0 bridgehead atoms. The van der Waals surface area contributed by atoms with Crippen LogP contribution >= 0.6 is 0 Å². The normalized spacial score (nSPS) is 11.4. The molecule has 3 N–H and O–H groups in total. The van der Waals surface area contributed by atoms with Crippen molar-refractivity contribution in [3.8, 4) is 11.8 Å². The number of hydrogen-bond donors (Lipinski definition) is 2. The zero-order valence-electron chi connectivity index (χ0n) is 12.1. The highest BCUT2D eigenvalue weighted by molar-refractivity contribution is 5.94. The van der Waals surface area contributed by atoms with Crippen molar-refractivity contribution in [3.05, 3.63) is 35.1 Å². The van der Waals surface area contributed by atoms with Gasteiger partial charge in [-0.25, -0.2) is 4.39 Å². The van der Waals surface area contributed by atoms with Crippen LogP contribution in [0, 0.1) is 17.7 Å². The molecule has 1 rings (SSSR count). The van der Waals surface area contributed by atoms with Gasteiger partial charge in [-0.2, -0.15) is 0 Å². The lowest BCUT2D eigenvalue weighted by Crippen LogP contribution is -2.35. The van der Waals surface area contributed by atoms with Gasteiger partial charge in [0.15, 0.2) is 0 Å². The molecule has 0 radical (unpaired) electrons. The molecule has 0 aliphatic carbocycles. The minimum Gasteiger partial charge on any atom is -0.382 e. The Bertz CT molecular complexity index is 537. The number of nitrogens with one attached hydrogen (secondary N) is 1. The highest BCUT2D eigenvalue weighted by atomic mass is 19.1. The van der Waals surface area contributed by atoms with E-state index in [1.807, 2.05) is 0 Å². The van der Waals surface area contributed by atoms with Gasteiger partial charge in [0.25, 0.3) is 5.91 Å². The van der Waals surface area contributed by atoms with E-state index in [9.17, 15) is 9.18 Å². The molecule has 0 saturated heterocycles. The molecule has 1 aromatic rings. The van der Waals surface area contributed by atoms with Gasteiger partial charge in [-0.15, -0.1) is 0 Å². The second kappa shape index (κ2) is 9.08. The third-order valence-corrected chi connectivity index (χ3v) is 2.72. The van der Waals surface area contributed by atoms with Gasteiger partial charge in [0.1, 0.15) is 5.82 Å². The van der Waals surface area contributed by atoms with E-state index in [4.69, 9.17) is 15.2 Å². The summed E-state index contributed by atoms with van der Waals surface area (Å²) in [5, 5.41) is 2.60. The minimum atomic E-state index is -0.628. The lowest BCUT2D eigenvalue weighted by molar-refractivity contribution is 0.0285. The van der Waals surface area contributed by atoms with Crippen molar-refractivity contribution in [3.63, 3.8) is 0 Å². The molecule has 21 heavy (non-hydrogen) atoms. The third-order valence-electron chi connectivity index (χ3n) is 2.72. The molecule has 6 heteroatoms. The fourth-order valence-corrected chi connectivity index (χ4v) is 1.63. The molecule has 1 atom stereocenters. The second-order valence-electron chi connectivity index (χ2n) is 4.22. The van der Waals surface area contributed by atoms with Gasteiger partial charge in [-0.05, 0) is 18.2 Å². The van der Waals surface area contributed by atoms with Crippen molar-refractivity contribution in [2.45, 2.75) is 6.10 Å². The summed E-state index contributed by atoms with van der Waals surface area (Å²) in [5.41, 5.74) is 5.68. The SMILES string of the molecule is COCC(CNC(=O)c1ccc(C#CCN)cc1F)OC. The Morgan fingerprint density at radius 3 is 2.81 bits per heavy atom. The van der Waals surface area contributed by atoms with E-state index in [0.29, 0.717) is 12.2 Å². The molecule has 114 valence electrons. The van der Waals surface area contributed by atoms with E-state index in [-0.39, 0.29) is 24.8 Å². The molecule has 0 aliphatic heterocycles. The fraction of sp³-hybridized carbons (Fsp3) is 0.400. The van der Waals surface area contributed by atoms with Crippen LogP contribution in [0.4, 0.5) is 4.39 Å². The number of rotatable bonds is 6. The first-order valence-electron chi connectivity index (χ1n) is 6.40. The van der Waals surface area contributed by atoms with Crippen LogP contribution in [0.3, 0.4) is 0 Å². The largest absolute Gasteiger partial charge is 0.382 e. The Kier molecular flexibility index (Phi) is 7.40. The van der Waals surface area contributed by atoms with Gasteiger partial charge in [0, 0.05) is 26.3 Å². The Morgan fingerprint density at radius 2 is 2.24 bits per heavy atom. The number of carbonyl (C=O) groups is 1. The van der Waals surface area contributed by atoms with Gasteiger partial charge < -0.3 is 20.5 Å². The van der Waals surface area contributed by atoms with Crippen LogP contribution in [-0.4, -0.2) is 45.9 Å². The summed E-state index contributed by atoms with van der Waals surface area (Å²) in [6.45, 7) is 0.770. The van der Waals surface area contributed by atoms with E-state index < -0.39 is 11.7 Å². The molecular formula is C15H19FN2O3. The van der Waals surface area contributed by atoms with E-state index in [0.717, 1.165) is 0 Å². The zero-order chi connectivity index (χ0) is 15.7. The van der Waals surface area contributed by atoms with Crippen molar-refractivity contribution in [2.24, 2.45) is 5.73 Å². The number of ether oxygens (including phenoxy) is 2. The van der Waals surface area contributed by atoms with E-state index in [2.05, 4.69) is 17.2 Å². The van der Waals surface area contributed by atoms with Gasteiger partial charge >= 0.3 is 0 Å². The number of carbonyl (C=O) groups excluding carboxylic acids is 1. The van der Waals surface area contributed by atoms with E-state index in [1.54, 1.807) is 6.07 Å². The van der Waals surface area contributed by atoms with Crippen molar-refractivity contribution >= 4 is 5.91 Å². The lowest BCUT2D eigenvalue weighted by Gasteiger charge is -2.15. The van der Waals surface area contributed by atoms with Crippen molar-refractivity contribution in [2.75, 3.05) is 33.9 Å². The number of hydrogen-bond acceptors (Lipinski definition) is 4. The number of halogens is 1. The predicted octanol–water partition coefficient (Wildman–Crippen LogP) is 0.527. The standard InChI is InChI=1S/C15H19FN2O3/c1-20-10-12(21-2)9-18-15(19)13-6-5-11(4-3-7-17)8-14(13)16/h5-6,8,12H,7,9-10,17H2,1-2H3,(H,18,19). The first-order valence-corrected chi connectivity index (χ1v) is 6.40. The highest BCUT2D eigenvalue weighted by Gasteiger charge is 2.14. The summed E-state index contributed by atoms with van der Waals surface area (Å²) in [5.74, 6) is 4.19. The molecule has 1 unspecified atom stereocenters. The molecule has 1 aromatic carbocycles. The topological polar surface area (TPSA) is 73.6 Å². The first kappa shape index (κ1) is 17.1. The van der Waals surface area contributed by atoms with Gasteiger partial charge in [0.05, 0.1) is 24.8 Å². The van der Waals surface area contributed by atoms with Crippen LogP contribution in [0.5, 0.6) is 0 Å². The number of methoxy groups -OCH3 is 2. The van der Waals surface area contributed by atoms with Crippen molar-refractivity contribution < 1.29 is 18.7 Å². The Balaban J connectivity index is 2.70. The molecule has 0 aliphatic rings. The molecular weight excluding hydrogens is 275 g/mol. The van der Waals surface area contributed by atoms with Crippen LogP contribution in [0.15, 0.2) is 18.2 Å². The predicted molar refractivity (Wildman–Crippen MR) is 77.3 cm³/mol. The quantitative estimate of drug-likeness (QED) is 0.751. The van der Waals surface area contributed by atoms with Crippen molar-refractivity contribution in [1.29, 1.82) is 0 Å². The summed E-state index contributed by atoms with van der Waals surface area (Å²) in [6.07, 6.45) is -0.281. The number of nitrogens with two attached hydrogens (primary N) is 1. The van der Waals surface area contributed by atoms with Crippen LogP contribution in [-0.2, 0) is 9.47 Å². The maximum atomic E-state index is 13.9. The molecule has 0 heterocycles. The van der Waals surface area contributed by atoms with E-state index >= 15 is 0 Å². The molecule has 0 saturated carbocycles. The minimum absolute atomic E-state index is 0.0411. The highest BCUT2D eigenvalue weighted by Crippen LogP contribution is 2.10. The summed E-state index contributed by atoms with van der Waals surface area (Å²) < 4.78 is 23.9. The first-order chi connectivity index (χ1) is 10.1. The summed E-state index contributed by atoms with van der Waals surface area (Å²) in [7, 11) is 3.05. The third kappa shape index (κ3) is 5.52.